The van der Waals surface area contributed by atoms with Crippen LogP contribution in [0.4, 0.5) is 4.79 Å². The second-order valence-electron chi connectivity index (χ2n) is 7.19. The lowest BCUT2D eigenvalue weighted by Gasteiger charge is -2.34. The number of carbonyl (C=O) groups excluding carboxylic acids is 1. The molecule has 1 aliphatic heterocycles. The van der Waals surface area contributed by atoms with E-state index in [9.17, 15) is 4.79 Å². The van der Waals surface area contributed by atoms with Crippen LogP contribution in [-0.2, 0) is 4.74 Å². The molecular formula is C18H22ClN3O2. The fraction of sp³-hybridized carbons (Fsp3) is 0.500. The van der Waals surface area contributed by atoms with Crippen molar-refractivity contribution < 1.29 is 9.53 Å². The zero-order chi connectivity index (χ0) is 17.3. The van der Waals surface area contributed by atoms with E-state index in [1.54, 1.807) is 17.3 Å². The van der Waals surface area contributed by atoms with Crippen molar-refractivity contribution in [3.05, 3.63) is 35.4 Å². The molecule has 1 amide bonds. The summed E-state index contributed by atoms with van der Waals surface area (Å²) in [6, 6.07) is 3.78. The van der Waals surface area contributed by atoms with Gasteiger partial charge in [0.2, 0.25) is 0 Å². The smallest absolute Gasteiger partial charge is 0.410 e. The van der Waals surface area contributed by atoms with E-state index < -0.39 is 5.60 Å². The van der Waals surface area contributed by atoms with E-state index >= 15 is 0 Å². The topological polar surface area (TPSA) is 55.3 Å². The average Bonchev–Trinajstić information content (AvgIpc) is 2.53. The quantitative estimate of drug-likeness (QED) is 0.717. The first-order chi connectivity index (χ1) is 11.3. The number of nitrogens with zero attached hydrogens (tertiary/aromatic N) is 3. The minimum absolute atomic E-state index is 0.174. The van der Waals surface area contributed by atoms with Crippen LogP contribution in [0, 0.1) is 0 Å². The lowest BCUT2D eigenvalue weighted by Crippen LogP contribution is -2.42. The Morgan fingerprint density at radius 1 is 1.38 bits per heavy atom. The molecular weight excluding hydrogens is 326 g/mol. The van der Waals surface area contributed by atoms with Crippen LogP contribution in [0.2, 0.25) is 5.15 Å². The number of amides is 1. The van der Waals surface area contributed by atoms with Gasteiger partial charge in [-0.25, -0.2) is 9.78 Å². The van der Waals surface area contributed by atoms with Crippen molar-refractivity contribution in [1.29, 1.82) is 0 Å². The highest BCUT2D eigenvalue weighted by Gasteiger charge is 2.29. The Morgan fingerprint density at radius 3 is 2.92 bits per heavy atom. The van der Waals surface area contributed by atoms with Crippen molar-refractivity contribution in [2.75, 3.05) is 13.1 Å². The van der Waals surface area contributed by atoms with E-state index in [4.69, 9.17) is 16.3 Å². The zero-order valence-electron chi connectivity index (χ0n) is 14.3. The lowest BCUT2D eigenvalue weighted by molar-refractivity contribution is 0.0197. The number of hydrogen-bond acceptors (Lipinski definition) is 4. The fourth-order valence-corrected chi connectivity index (χ4v) is 3.24. The van der Waals surface area contributed by atoms with Gasteiger partial charge in [-0.05, 0) is 45.7 Å². The van der Waals surface area contributed by atoms with E-state index in [1.165, 1.54) is 0 Å². The molecule has 3 rings (SSSR count). The number of fused-ring (bicyclic) bond motifs is 1. The maximum Gasteiger partial charge on any atom is 0.410 e. The zero-order valence-corrected chi connectivity index (χ0v) is 15.0. The number of piperidine rings is 1. The predicted molar refractivity (Wildman–Crippen MR) is 94.3 cm³/mol. The number of likely N-dealkylation sites (tertiary alicyclic amines) is 1. The van der Waals surface area contributed by atoms with Crippen LogP contribution < -0.4 is 0 Å². The number of carbonyl (C=O) groups is 1. The van der Waals surface area contributed by atoms with Crippen LogP contribution in [0.25, 0.3) is 10.8 Å². The summed E-state index contributed by atoms with van der Waals surface area (Å²) in [7, 11) is 0. The Bertz CT molecular complexity index is 758. The summed E-state index contributed by atoms with van der Waals surface area (Å²) in [5, 5.41) is 2.48. The molecule has 24 heavy (non-hydrogen) atoms. The van der Waals surface area contributed by atoms with Crippen LogP contribution in [0.5, 0.6) is 0 Å². The Labute approximate surface area is 147 Å². The van der Waals surface area contributed by atoms with Crippen LogP contribution in [0.15, 0.2) is 24.5 Å². The third kappa shape index (κ3) is 3.78. The Balaban J connectivity index is 1.85. The van der Waals surface area contributed by atoms with E-state index in [0.29, 0.717) is 11.7 Å². The molecule has 1 atom stereocenters. The molecule has 3 heterocycles. The third-order valence-corrected chi connectivity index (χ3v) is 4.31. The molecule has 2 aromatic heterocycles. The van der Waals surface area contributed by atoms with Gasteiger partial charge in [-0.15, -0.1) is 0 Å². The van der Waals surface area contributed by atoms with E-state index in [-0.39, 0.29) is 12.0 Å². The normalized spacial score (nSPS) is 18.7. The van der Waals surface area contributed by atoms with E-state index in [2.05, 4.69) is 9.97 Å². The molecule has 0 aromatic carbocycles. The lowest BCUT2D eigenvalue weighted by atomic mass is 9.92. The number of aromatic nitrogens is 2. The highest BCUT2D eigenvalue weighted by Crippen LogP contribution is 2.31. The number of pyridine rings is 2. The Hall–Kier alpha value is -1.88. The second kappa shape index (κ2) is 6.55. The van der Waals surface area contributed by atoms with Gasteiger partial charge in [0.1, 0.15) is 10.8 Å². The van der Waals surface area contributed by atoms with Crippen LogP contribution in [0.3, 0.4) is 0 Å². The summed E-state index contributed by atoms with van der Waals surface area (Å²) in [6.45, 7) is 6.98. The Morgan fingerprint density at radius 2 is 2.17 bits per heavy atom. The van der Waals surface area contributed by atoms with Gasteiger partial charge in [-0.2, -0.15) is 0 Å². The molecule has 0 bridgehead atoms. The molecule has 0 radical (unpaired) electrons. The summed E-state index contributed by atoms with van der Waals surface area (Å²) in [4.78, 5) is 22.8. The van der Waals surface area contributed by atoms with Crippen molar-refractivity contribution in [2.24, 2.45) is 0 Å². The molecule has 6 heteroatoms. The van der Waals surface area contributed by atoms with Crippen molar-refractivity contribution in [2.45, 2.75) is 45.1 Å². The average molecular weight is 348 g/mol. The molecule has 1 fully saturated rings. The molecule has 0 saturated carbocycles. The molecule has 0 aliphatic carbocycles. The highest BCUT2D eigenvalue weighted by molar-refractivity contribution is 6.30. The molecule has 1 saturated heterocycles. The van der Waals surface area contributed by atoms with Crippen LogP contribution in [0.1, 0.15) is 45.2 Å². The Kier molecular flexibility index (Phi) is 4.63. The summed E-state index contributed by atoms with van der Waals surface area (Å²) in [6.07, 6.45) is 5.22. The summed E-state index contributed by atoms with van der Waals surface area (Å²) >= 11 is 6.06. The maximum absolute atomic E-state index is 12.4. The molecule has 128 valence electrons. The molecule has 0 N–H and O–H groups in total. The first-order valence-corrected chi connectivity index (χ1v) is 8.59. The number of hydrogen-bond donors (Lipinski definition) is 0. The minimum Gasteiger partial charge on any atom is -0.444 e. The van der Waals surface area contributed by atoms with Crippen LogP contribution in [-0.4, -0.2) is 39.7 Å². The largest absolute Gasteiger partial charge is 0.444 e. The second-order valence-corrected chi connectivity index (χ2v) is 7.58. The molecule has 2 aromatic rings. The SMILES string of the molecule is CC(C)(C)OC(=O)N1CCCC(c2nccc3cnc(Cl)cc23)C1. The van der Waals surface area contributed by atoms with Gasteiger partial charge in [-0.3, -0.25) is 4.98 Å². The van der Waals surface area contributed by atoms with E-state index in [1.807, 2.05) is 32.9 Å². The monoisotopic (exact) mass is 347 g/mol. The van der Waals surface area contributed by atoms with Crippen molar-refractivity contribution in [3.63, 3.8) is 0 Å². The highest BCUT2D eigenvalue weighted by atomic mass is 35.5. The first-order valence-electron chi connectivity index (χ1n) is 8.21. The summed E-state index contributed by atoms with van der Waals surface area (Å²) in [5.74, 6) is 0.174. The third-order valence-electron chi connectivity index (χ3n) is 4.10. The predicted octanol–water partition coefficient (Wildman–Crippen LogP) is 4.40. The number of ether oxygens (including phenoxy) is 1. The maximum atomic E-state index is 12.4. The summed E-state index contributed by atoms with van der Waals surface area (Å²) in [5.41, 5.74) is 0.492. The van der Waals surface area contributed by atoms with Gasteiger partial charge in [0.05, 0.1) is 5.69 Å². The molecule has 0 spiro atoms. The van der Waals surface area contributed by atoms with Crippen molar-refractivity contribution in [1.82, 2.24) is 14.9 Å². The molecule has 5 nitrogen and oxygen atoms in total. The van der Waals surface area contributed by atoms with Gasteiger partial charge in [-0.1, -0.05) is 11.6 Å². The van der Waals surface area contributed by atoms with Crippen LogP contribution >= 0.6 is 11.6 Å². The van der Waals surface area contributed by atoms with Gasteiger partial charge in [0.25, 0.3) is 0 Å². The fourth-order valence-electron chi connectivity index (χ4n) is 3.08. The van der Waals surface area contributed by atoms with Crippen molar-refractivity contribution >= 4 is 28.5 Å². The minimum atomic E-state index is -0.485. The van der Waals surface area contributed by atoms with Gasteiger partial charge in [0, 0.05) is 42.2 Å². The van der Waals surface area contributed by atoms with Gasteiger partial charge in [0.15, 0.2) is 0 Å². The molecule has 1 aliphatic rings. The number of halogens is 1. The summed E-state index contributed by atoms with van der Waals surface area (Å²) < 4.78 is 5.50. The van der Waals surface area contributed by atoms with Gasteiger partial charge >= 0.3 is 6.09 Å². The van der Waals surface area contributed by atoms with Crippen molar-refractivity contribution in [3.8, 4) is 0 Å². The molecule has 1 unspecified atom stereocenters. The van der Waals surface area contributed by atoms with E-state index in [0.717, 1.165) is 35.9 Å². The van der Waals surface area contributed by atoms with Gasteiger partial charge < -0.3 is 9.64 Å². The number of rotatable bonds is 1. The first kappa shape index (κ1) is 17.0. The standard InChI is InChI=1S/C18H22ClN3O2/c1-18(2,3)24-17(23)22-8-4-5-13(11-22)16-14-9-15(19)21-10-12(14)6-7-20-16/h6-7,9-10,13H,4-5,8,11H2,1-3H3.